The molecule has 1 aliphatic rings. The predicted molar refractivity (Wildman–Crippen MR) is 71.1 cm³/mol. The summed E-state index contributed by atoms with van der Waals surface area (Å²) in [5, 5.41) is 27.6. The first-order chi connectivity index (χ1) is 9.19. The van der Waals surface area contributed by atoms with Crippen LogP contribution in [0.15, 0.2) is 11.5 Å². The summed E-state index contributed by atoms with van der Waals surface area (Å²) < 4.78 is 5.52. The van der Waals surface area contributed by atoms with Crippen molar-refractivity contribution in [1.29, 1.82) is 5.41 Å². The Morgan fingerprint density at radius 3 is 2.58 bits per heavy atom. The van der Waals surface area contributed by atoms with E-state index in [-0.39, 0.29) is 24.6 Å². The van der Waals surface area contributed by atoms with Crippen LogP contribution in [0.1, 0.15) is 32.1 Å². The summed E-state index contributed by atoms with van der Waals surface area (Å²) in [6.07, 6.45) is 6.58. The first kappa shape index (κ1) is 15.5. The SMILES string of the molecule is N=C/C(C(=O)O)=C(\NCCO)OCC1CCCCC1. The Labute approximate surface area is 113 Å². The van der Waals surface area contributed by atoms with E-state index in [2.05, 4.69) is 5.32 Å². The van der Waals surface area contributed by atoms with Gasteiger partial charge in [0.05, 0.1) is 13.2 Å². The number of aliphatic carboxylic acids is 1. The first-order valence-electron chi connectivity index (χ1n) is 6.64. The molecule has 6 heteroatoms. The fraction of sp³-hybridized carbons (Fsp3) is 0.692. The lowest BCUT2D eigenvalue weighted by atomic mass is 9.90. The third-order valence-corrected chi connectivity index (χ3v) is 3.20. The second-order valence-electron chi connectivity index (χ2n) is 4.66. The molecule has 0 aliphatic heterocycles. The van der Waals surface area contributed by atoms with E-state index in [1.54, 1.807) is 0 Å². The Bertz CT molecular complexity index is 336. The predicted octanol–water partition coefficient (Wildman–Crippen LogP) is 1.11. The molecule has 6 nitrogen and oxygen atoms in total. The third kappa shape index (κ3) is 5.30. The molecule has 19 heavy (non-hydrogen) atoms. The van der Waals surface area contributed by atoms with E-state index in [0.717, 1.165) is 19.1 Å². The molecule has 1 saturated carbocycles. The van der Waals surface area contributed by atoms with Crippen LogP contribution in [0.3, 0.4) is 0 Å². The Balaban J connectivity index is 2.62. The quantitative estimate of drug-likeness (QED) is 0.300. The zero-order valence-electron chi connectivity index (χ0n) is 11.0. The molecule has 0 unspecified atom stereocenters. The number of hydrogen-bond acceptors (Lipinski definition) is 5. The second-order valence-corrected chi connectivity index (χ2v) is 4.66. The highest BCUT2D eigenvalue weighted by Crippen LogP contribution is 2.24. The molecule has 1 aliphatic carbocycles. The van der Waals surface area contributed by atoms with Crippen molar-refractivity contribution in [2.45, 2.75) is 32.1 Å². The highest BCUT2D eigenvalue weighted by Gasteiger charge is 2.18. The van der Waals surface area contributed by atoms with E-state index in [9.17, 15) is 4.79 Å². The van der Waals surface area contributed by atoms with Crippen LogP contribution in [0.2, 0.25) is 0 Å². The number of aliphatic hydroxyl groups excluding tert-OH is 1. The summed E-state index contributed by atoms with van der Waals surface area (Å²) in [7, 11) is 0. The Kier molecular flexibility index (Phi) is 6.95. The Hall–Kier alpha value is -1.56. The molecular weight excluding hydrogens is 248 g/mol. The minimum atomic E-state index is -1.21. The van der Waals surface area contributed by atoms with Crippen LogP contribution < -0.4 is 5.32 Å². The minimum absolute atomic E-state index is 0.0714. The molecule has 0 atom stereocenters. The number of carbonyl (C=O) groups is 1. The molecule has 0 aromatic heterocycles. The fourth-order valence-electron chi connectivity index (χ4n) is 2.17. The molecule has 0 heterocycles. The van der Waals surface area contributed by atoms with Crippen LogP contribution in [-0.2, 0) is 9.53 Å². The Morgan fingerprint density at radius 1 is 1.37 bits per heavy atom. The van der Waals surface area contributed by atoms with Gasteiger partial charge in [0.2, 0.25) is 5.88 Å². The lowest BCUT2D eigenvalue weighted by Gasteiger charge is -2.23. The summed E-state index contributed by atoms with van der Waals surface area (Å²) in [6.45, 7) is 0.532. The number of nitrogens with one attached hydrogen (secondary N) is 2. The molecule has 0 amide bonds. The van der Waals surface area contributed by atoms with E-state index < -0.39 is 5.97 Å². The van der Waals surface area contributed by atoms with Crippen molar-refractivity contribution in [3.63, 3.8) is 0 Å². The standard InChI is InChI=1S/C13H22N2O4/c14-8-11(13(17)18)12(15-6-7-16)19-9-10-4-2-1-3-5-10/h8,10,14-16H,1-7,9H2,(H,17,18)/b12-11-,14-8?. The summed E-state index contributed by atoms with van der Waals surface area (Å²) in [6, 6.07) is 0. The highest BCUT2D eigenvalue weighted by molar-refractivity contribution is 6.07. The maximum Gasteiger partial charge on any atom is 0.342 e. The van der Waals surface area contributed by atoms with Crippen molar-refractivity contribution < 1.29 is 19.7 Å². The smallest absolute Gasteiger partial charge is 0.342 e. The molecule has 1 rings (SSSR count). The van der Waals surface area contributed by atoms with Gasteiger partial charge in [0.15, 0.2) is 0 Å². The number of carboxylic acid groups (broad SMARTS) is 1. The number of carboxylic acids is 1. The number of aliphatic hydroxyl groups is 1. The molecular formula is C13H22N2O4. The van der Waals surface area contributed by atoms with Gasteiger partial charge in [-0.3, -0.25) is 0 Å². The monoisotopic (exact) mass is 270 g/mol. The largest absolute Gasteiger partial charge is 0.478 e. The van der Waals surface area contributed by atoms with Gasteiger partial charge in [-0.05, 0) is 18.8 Å². The number of hydrogen-bond donors (Lipinski definition) is 4. The van der Waals surface area contributed by atoms with E-state index in [4.69, 9.17) is 20.4 Å². The normalized spacial score (nSPS) is 17.5. The molecule has 4 N–H and O–H groups in total. The molecule has 0 saturated heterocycles. The Morgan fingerprint density at radius 2 is 2.05 bits per heavy atom. The van der Waals surface area contributed by atoms with Gasteiger partial charge in [0.25, 0.3) is 0 Å². The lowest BCUT2D eigenvalue weighted by molar-refractivity contribution is -0.132. The van der Waals surface area contributed by atoms with Gasteiger partial charge in [-0.25, -0.2) is 4.79 Å². The van der Waals surface area contributed by atoms with Crippen LogP contribution >= 0.6 is 0 Å². The van der Waals surface area contributed by atoms with Crippen molar-refractivity contribution in [2.75, 3.05) is 19.8 Å². The maximum absolute atomic E-state index is 11.0. The van der Waals surface area contributed by atoms with E-state index >= 15 is 0 Å². The van der Waals surface area contributed by atoms with Crippen LogP contribution in [-0.4, -0.2) is 42.2 Å². The maximum atomic E-state index is 11.0. The van der Waals surface area contributed by atoms with Crippen molar-refractivity contribution >= 4 is 12.2 Å². The summed E-state index contributed by atoms with van der Waals surface area (Å²) in [5.74, 6) is -0.693. The summed E-state index contributed by atoms with van der Waals surface area (Å²) >= 11 is 0. The number of ether oxygens (including phenoxy) is 1. The molecule has 0 aromatic carbocycles. The van der Waals surface area contributed by atoms with Gasteiger partial charge in [-0.15, -0.1) is 0 Å². The second kappa shape index (κ2) is 8.53. The van der Waals surface area contributed by atoms with Gasteiger partial charge < -0.3 is 25.7 Å². The fourth-order valence-corrected chi connectivity index (χ4v) is 2.17. The first-order valence-corrected chi connectivity index (χ1v) is 6.64. The molecule has 0 aromatic rings. The average Bonchev–Trinajstić information content (AvgIpc) is 2.42. The van der Waals surface area contributed by atoms with E-state index in [1.807, 2.05) is 0 Å². The highest BCUT2D eigenvalue weighted by atomic mass is 16.5. The molecule has 108 valence electrons. The van der Waals surface area contributed by atoms with Gasteiger partial charge in [-0.2, -0.15) is 0 Å². The number of rotatable bonds is 8. The molecule has 0 spiro atoms. The molecule has 1 fully saturated rings. The van der Waals surface area contributed by atoms with Gasteiger partial charge in [-0.1, -0.05) is 19.3 Å². The zero-order chi connectivity index (χ0) is 14.1. The van der Waals surface area contributed by atoms with Crippen molar-refractivity contribution in [2.24, 2.45) is 5.92 Å². The van der Waals surface area contributed by atoms with E-state index in [0.29, 0.717) is 12.5 Å². The lowest BCUT2D eigenvalue weighted by Crippen LogP contribution is -2.26. The van der Waals surface area contributed by atoms with Crippen LogP contribution in [0, 0.1) is 11.3 Å². The van der Waals surface area contributed by atoms with E-state index in [1.165, 1.54) is 19.3 Å². The van der Waals surface area contributed by atoms with Crippen molar-refractivity contribution in [1.82, 2.24) is 5.32 Å². The third-order valence-electron chi connectivity index (χ3n) is 3.20. The van der Waals surface area contributed by atoms with Gasteiger partial charge in [0, 0.05) is 12.8 Å². The average molecular weight is 270 g/mol. The van der Waals surface area contributed by atoms with Crippen molar-refractivity contribution in [3.05, 3.63) is 11.5 Å². The topological polar surface area (TPSA) is 103 Å². The summed E-state index contributed by atoms with van der Waals surface area (Å²) in [4.78, 5) is 11.0. The van der Waals surface area contributed by atoms with Crippen molar-refractivity contribution in [3.8, 4) is 0 Å². The molecule has 0 radical (unpaired) electrons. The van der Waals surface area contributed by atoms with Crippen LogP contribution in [0.4, 0.5) is 0 Å². The van der Waals surface area contributed by atoms with Gasteiger partial charge >= 0.3 is 5.97 Å². The minimum Gasteiger partial charge on any atom is -0.478 e. The zero-order valence-corrected chi connectivity index (χ0v) is 11.0. The van der Waals surface area contributed by atoms with Crippen LogP contribution in [0.25, 0.3) is 0 Å². The molecule has 0 bridgehead atoms. The summed E-state index contributed by atoms with van der Waals surface area (Å²) in [5.41, 5.74) is -0.218. The van der Waals surface area contributed by atoms with Gasteiger partial charge in [0.1, 0.15) is 5.57 Å². The van der Waals surface area contributed by atoms with Crippen LogP contribution in [0.5, 0.6) is 0 Å².